The zero-order chi connectivity index (χ0) is 15.9. The Kier molecular flexibility index (Phi) is 5.73. The number of carbonyl (C=O) groups excluding carboxylic acids is 1. The average Bonchev–Trinajstić information content (AvgIpc) is 2.52. The van der Waals surface area contributed by atoms with Gasteiger partial charge in [0.05, 0.1) is 0 Å². The zero-order valence-corrected chi connectivity index (χ0v) is 13.2. The zero-order valence-electron chi connectivity index (χ0n) is 13.2. The first-order chi connectivity index (χ1) is 10.6. The van der Waals surface area contributed by atoms with Crippen molar-refractivity contribution in [2.24, 2.45) is 0 Å². The first kappa shape index (κ1) is 16.2. The van der Waals surface area contributed by atoms with Gasteiger partial charge in [-0.1, -0.05) is 30.3 Å². The number of rotatable bonds is 7. The molecule has 3 nitrogen and oxygen atoms in total. The lowest BCUT2D eigenvalue weighted by Gasteiger charge is -2.26. The molecular formula is C19H23NO2. The van der Waals surface area contributed by atoms with Crippen molar-refractivity contribution in [3.05, 3.63) is 65.7 Å². The fourth-order valence-electron chi connectivity index (χ4n) is 2.37. The molecule has 0 amide bonds. The molecule has 0 heterocycles. The summed E-state index contributed by atoms with van der Waals surface area (Å²) in [7, 11) is 0. The first-order valence-electron chi connectivity index (χ1n) is 7.66. The topological polar surface area (TPSA) is 40.5 Å². The highest BCUT2D eigenvalue weighted by molar-refractivity contribution is 5.96. The largest absolute Gasteiger partial charge is 0.508 e. The molecule has 2 rings (SSSR count). The lowest BCUT2D eigenvalue weighted by atomic mass is 10.1. The van der Waals surface area contributed by atoms with Crippen LogP contribution in [0, 0.1) is 0 Å². The van der Waals surface area contributed by atoms with Crippen LogP contribution in [0.15, 0.2) is 54.6 Å². The number of Topliss-reactive ketones (excluding diaryl/α,β-unsaturated/α-hetero) is 1. The minimum absolute atomic E-state index is 0.110. The van der Waals surface area contributed by atoms with E-state index < -0.39 is 0 Å². The van der Waals surface area contributed by atoms with Crippen molar-refractivity contribution in [3.8, 4) is 5.75 Å². The number of nitrogens with zero attached hydrogens (tertiary/aromatic N) is 1. The molecule has 0 bridgehead atoms. The van der Waals surface area contributed by atoms with Crippen LogP contribution in [0.25, 0.3) is 0 Å². The quantitative estimate of drug-likeness (QED) is 0.789. The normalized spacial score (nSPS) is 11.1. The monoisotopic (exact) mass is 297 g/mol. The molecule has 0 aliphatic rings. The van der Waals surface area contributed by atoms with Gasteiger partial charge in [0.1, 0.15) is 5.75 Å². The van der Waals surface area contributed by atoms with E-state index in [0.717, 1.165) is 13.1 Å². The molecule has 2 aromatic rings. The summed E-state index contributed by atoms with van der Waals surface area (Å²) in [5.41, 5.74) is 1.91. The molecule has 22 heavy (non-hydrogen) atoms. The summed E-state index contributed by atoms with van der Waals surface area (Å²) in [6.45, 7) is 5.87. The molecule has 0 spiro atoms. The fraction of sp³-hybridized carbons (Fsp3) is 0.316. The highest BCUT2D eigenvalue weighted by atomic mass is 16.3. The van der Waals surface area contributed by atoms with E-state index in [1.54, 1.807) is 24.3 Å². The molecule has 0 aliphatic heterocycles. The highest BCUT2D eigenvalue weighted by Crippen LogP contribution is 2.13. The highest BCUT2D eigenvalue weighted by Gasteiger charge is 2.13. The molecule has 3 heteroatoms. The van der Waals surface area contributed by atoms with Crippen LogP contribution in [-0.4, -0.2) is 28.4 Å². The molecule has 0 aromatic heterocycles. The van der Waals surface area contributed by atoms with Crippen molar-refractivity contribution in [2.75, 3.05) is 6.54 Å². The van der Waals surface area contributed by atoms with E-state index in [4.69, 9.17) is 0 Å². The van der Waals surface area contributed by atoms with Crippen LogP contribution in [0.5, 0.6) is 5.75 Å². The van der Waals surface area contributed by atoms with Crippen molar-refractivity contribution in [3.63, 3.8) is 0 Å². The van der Waals surface area contributed by atoms with E-state index in [1.807, 2.05) is 18.2 Å². The van der Waals surface area contributed by atoms with Gasteiger partial charge in [-0.3, -0.25) is 9.69 Å². The third-order valence-corrected chi connectivity index (χ3v) is 3.77. The molecule has 116 valence electrons. The Morgan fingerprint density at radius 2 is 1.68 bits per heavy atom. The second-order valence-electron chi connectivity index (χ2n) is 5.77. The Morgan fingerprint density at radius 3 is 2.27 bits per heavy atom. The average molecular weight is 297 g/mol. The summed E-state index contributed by atoms with van der Waals surface area (Å²) in [5, 5.41) is 9.27. The molecule has 0 atom stereocenters. The van der Waals surface area contributed by atoms with Gasteiger partial charge in [0, 0.05) is 31.1 Å². The van der Waals surface area contributed by atoms with Gasteiger partial charge in [0.25, 0.3) is 0 Å². The van der Waals surface area contributed by atoms with Crippen molar-refractivity contribution in [2.45, 2.75) is 32.9 Å². The van der Waals surface area contributed by atoms with Crippen LogP contribution in [0.1, 0.15) is 36.2 Å². The van der Waals surface area contributed by atoms with Crippen molar-refractivity contribution in [1.29, 1.82) is 0 Å². The van der Waals surface area contributed by atoms with Gasteiger partial charge in [0.15, 0.2) is 5.78 Å². The standard InChI is InChI=1S/C19H23NO2/c1-15(2)20(14-16-6-4-3-5-7-16)13-12-19(22)17-8-10-18(21)11-9-17/h3-11,15,21H,12-14H2,1-2H3. The summed E-state index contributed by atoms with van der Waals surface area (Å²) in [4.78, 5) is 14.5. The molecular weight excluding hydrogens is 274 g/mol. The van der Waals surface area contributed by atoms with Crippen LogP contribution >= 0.6 is 0 Å². The van der Waals surface area contributed by atoms with Crippen molar-refractivity contribution < 1.29 is 9.90 Å². The van der Waals surface area contributed by atoms with Crippen LogP contribution in [0.4, 0.5) is 0 Å². The molecule has 0 saturated heterocycles. The van der Waals surface area contributed by atoms with Gasteiger partial charge in [-0.2, -0.15) is 0 Å². The lowest BCUT2D eigenvalue weighted by Crippen LogP contribution is -2.32. The smallest absolute Gasteiger partial charge is 0.164 e. The van der Waals surface area contributed by atoms with E-state index in [0.29, 0.717) is 18.0 Å². The number of aromatic hydroxyl groups is 1. The molecule has 0 unspecified atom stereocenters. The molecule has 2 aromatic carbocycles. The third kappa shape index (κ3) is 4.71. The van der Waals surface area contributed by atoms with E-state index >= 15 is 0 Å². The van der Waals surface area contributed by atoms with Crippen molar-refractivity contribution in [1.82, 2.24) is 4.90 Å². The third-order valence-electron chi connectivity index (χ3n) is 3.77. The lowest BCUT2D eigenvalue weighted by molar-refractivity contribution is 0.0952. The second-order valence-corrected chi connectivity index (χ2v) is 5.77. The van der Waals surface area contributed by atoms with E-state index in [1.165, 1.54) is 5.56 Å². The minimum atomic E-state index is 0.110. The number of carbonyl (C=O) groups is 1. The first-order valence-corrected chi connectivity index (χ1v) is 7.66. The maximum atomic E-state index is 12.2. The van der Waals surface area contributed by atoms with E-state index in [2.05, 4.69) is 30.9 Å². The Balaban J connectivity index is 1.94. The summed E-state index contributed by atoms with van der Waals surface area (Å²) in [6.07, 6.45) is 0.482. The number of phenolic OH excluding ortho intramolecular Hbond substituents is 1. The molecule has 0 fully saturated rings. The fourth-order valence-corrected chi connectivity index (χ4v) is 2.37. The van der Waals surface area contributed by atoms with E-state index in [9.17, 15) is 9.90 Å². The molecule has 1 N–H and O–H groups in total. The molecule has 0 radical (unpaired) electrons. The summed E-state index contributed by atoms with van der Waals surface area (Å²) in [6, 6.07) is 17.1. The predicted molar refractivity (Wildman–Crippen MR) is 89.0 cm³/mol. The number of benzene rings is 2. The van der Waals surface area contributed by atoms with Gasteiger partial charge < -0.3 is 5.11 Å². The predicted octanol–water partition coefficient (Wildman–Crippen LogP) is 3.88. The van der Waals surface area contributed by atoms with Gasteiger partial charge in [0.2, 0.25) is 0 Å². The maximum Gasteiger partial charge on any atom is 0.164 e. The molecule has 0 saturated carbocycles. The van der Waals surface area contributed by atoms with Crippen LogP contribution < -0.4 is 0 Å². The van der Waals surface area contributed by atoms with Gasteiger partial charge in [-0.05, 0) is 43.7 Å². The Labute approximate surface area is 132 Å². The Hall–Kier alpha value is -2.13. The van der Waals surface area contributed by atoms with Crippen LogP contribution in [0.3, 0.4) is 0 Å². The number of ketones is 1. The SMILES string of the molecule is CC(C)N(CCC(=O)c1ccc(O)cc1)Cc1ccccc1. The minimum Gasteiger partial charge on any atom is -0.508 e. The Bertz CT molecular complexity index is 591. The number of hydrogen-bond acceptors (Lipinski definition) is 3. The number of hydrogen-bond donors (Lipinski definition) is 1. The summed E-state index contributed by atoms with van der Waals surface area (Å²) in [5.74, 6) is 0.295. The van der Waals surface area contributed by atoms with Crippen LogP contribution in [-0.2, 0) is 6.54 Å². The summed E-state index contributed by atoms with van der Waals surface area (Å²) >= 11 is 0. The maximum absolute atomic E-state index is 12.2. The van der Waals surface area contributed by atoms with E-state index in [-0.39, 0.29) is 11.5 Å². The molecule has 0 aliphatic carbocycles. The summed E-state index contributed by atoms with van der Waals surface area (Å²) < 4.78 is 0. The van der Waals surface area contributed by atoms with Crippen molar-refractivity contribution >= 4 is 5.78 Å². The number of phenols is 1. The second kappa shape index (κ2) is 7.76. The van der Waals surface area contributed by atoms with Crippen LogP contribution in [0.2, 0.25) is 0 Å². The van der Waals surface area contributed by atoms with Gasteiger partial charge in [-0.25, -0.2) is 0 Å². The van der Waals surface area contributed by atoms with Gasteiger partial charge in [-0.15, -0.1) is 0 Å². The van der Waals surface area contributed by atoms with Gasteiger partial charge >= 0.3 is 0 Å². The Morgan fingerprint density at radius 1 is 1.05 bits per heavy atom.